The topological polar surface area (TPSA) is 0 Å². The Labute approximate surface area is 145 Å². The molecule has 0 saturated carbocycles. The van der Waals surface area contributed by atoms with Crippen LogP contribution in [0.25, 0.3) is 27.6 Å². The highest BCUT2D eigenvalue weighted by Crippen LogP contribution is 2.38. The Balaban J connectivity index is 2.07. The van der Waals surface area contributed by atoms with E-state index in [4.69, 9.17) is 0 Å². The molecule has 0 radical (unpaired) electrons. The molecular weight excluding hydrogens is 288 g/mol. The molecule has 3 aromatic rings. The Morgan fingerprint density at radius 3 is 2.00 bits per heavy atom. The minimum atomic E-state index is 0.182. The second-order valence-electron chi connectivity index (χ2n) is 9.65. The molecular formula is C24H28. The quantitative estimate of drug-likeness (QED) is 0.476. The molecule has 0 bridgehead atoms. The van der Waals surface area contributed by atoms with Crippen molar-refractivity contribution < 1.29 is 0 Å². The van der Waals surface area contributed by atoms with Crippen molar-refractivity contribution >= 4 is 27.6 Å². The zero-order chi connectivity index (χ0) is 17.3. The highest BCUT2D eigenvalue weighted by molar-refractivity contribution is 6.12. The van der Waals surface area contributed by atoms with Crippen molar-refractivity contribution in [3.63, 3.8) is 0 Å². The van der Waals surface area contributed by atoms with E-state index in [1.54, 1.807) is 0 Å². The molecule has 1 aliphatic rings. The molecule has 0 aromatic heterocycles. The van der Waals surface area contributed by atoms with E-state index in [1.807, 2.05) is 0 Å². The fraction of sp³-hybridized carbons (Fsp3) is 0.417. The summed E-state index contributed by atoms with van der Waals surface area (Å²) in [6.45, 7) is 14.0. The van der Waals surface area contributed by atoms with Crippen molar-refractivity contribution in [3.05, 3.63) is 52.7 Å². The molecule has 1 atom stereocenters. The van der Waals surface area contributed by atoms with Gasteiger partial charge < -0.3 is 0 Å². The normalized spacial score (nSPS) is 18.2. The smallest absolute Gasteiger partial charge is 0.00300 e. The Hall–Kier alpha value is -1.82. The highest BCUT2D eigenvalue weighted by Gasteiger charge is 2.27. The minimum Gasteiger partial charge on any atom is -0.0727 e. The summed E-state index contributed by atoms with van der Waals surface area (Å²) in [6.07, 6.45) is 3.67. The summed E-state index contributed by atoms with van der Waals surface area (Å²) in [5, 5.41) is 7.16. The van der Waals surface area contributed by atoms with Gasteiger partial charge in [0.2, 0.25) is 0 Å². The van der Waals surface area contributed by atoms with Gasteiger partial charge in [-0.1, -0.05) is 84.0 Å². The molecule has 0 heterocycles. The maximum absolute atomic E-state index is 2.51. The Bertz CT molecular complexity index is 972. The third kappa shape index (κ3) is 2.35. The van der Waals surface area contributed by atoms with Crippen LogP contribution in [0.5, 0.6) is 0 Å². The van der Waals surface area contributed by atoms with Gasteiger partial charge in [0.25, 0.3) is 0 Å². The average Bonchev–Trinajstić information content (AvgIpc) is 2.50. The fourth-order valence-corrected chi connectivity index (χ4v) is 4.08. The van der Waals surface area contributed by atoms with E-state index in [0.29, 0.717) is 11.3 Å². The largest absolute Gasteiger partial charge is 0.0727 e. The number of benzene rings is 3. The van der Waals surface area contributed by atoms with Crippen LogP contribution in [0.3, 0.4) is 0 Å². The molecule has 0 fully saturated rings. The lowest BCUT2D eigenvalue weighted by atomic mass is 9.73. The predicted octanol–water partition coefficient (Wildman–Crippen LogP) is 6.01. The first-order valence-electron chi connectivity index (χ1n) is 9.15. The van der Waals surface area contributed by atoms with Crippen LogP contribution in [0, 0.1) is 11.3 Å². The molecule has 3 aromatic carbocycles. The molecule has 0 nitrogen and oxygen atoms in total. The van der Waals surface area contributed by atoms with Gasteiger partial charge in [0, 0.05) is 0 Å². The third-order valence-electron chi connectivity index (χ3n) is 5.76. The predicted molar refractivity (Wildman–Crippen MR) is 106 cm³/mol. The summed E-state index contributed by atoms with van der Waals surface area (Å²) >= 11 is 0. The van der Waals surface area contributed by atoms with Gasteiger partial charge in [-0.15, -0.1) is 0 Å². The van der Waals surface area contributed by atoms with Gasteiger partial charge in [-0.05, 0) is 61.1 Å². The van der Waals surface area contributed by atoms with E-state index in [-0.39, 0.29) is 5.41 Å². The molecule has 0 aliphatic heterocycles. The van der Waals surface area contributed by atoms with Crippen LogP contribution in [0.1, 0.15) is 52.7 Å². The van der Waals surface area contributed by atoms with E-state index in [2.05, 4.69) is 84.0 Å². The molecule has 0 heteroatoms. The van der Waals surface area contributed by atoms with E-state index in [9.17, 15) is 0 Å². The van der Waals surface area contributed by atoms with Crippen LogP contribution in [0.2, 0.25) is 0 Å². The second-order valence-corrected chi connectivity index (χ2v) is 9.65. The van der Waals surface area contributed by atoms with E-state index >= 15 is 0 Å². The van der Waals surface area contributed by atoms with E-state index in [1.165, 1.54) is 37.9 Å². The molecule has 0 spiro atoms. The molecule has 0 N–H and O–H groups in total. The fourth-order valence-electron chi connectivity index (χ4n) is 4.08. The van der Waals surface area contributed by atoms with Crippen LogP contribution in [-0.4, -0.2) is 0 Å². The maximum atomic E-state index is 2.51. The van der Waals surface area contributed by atoms with Crippen molar-refractivity contribution in [2.45, 2.75) is 53.4 Å². The molecule has 1 aliphatic carbocycles. The SMILES string of the molecule is CC(C)(C)c1cc2ccc3c4c(ccc(c1)c24)=CC(C(C)(C)C)C3. The van der Waals surface area contributed by atoms with Crippen LogP contribution < -0.4 is 5.22 Å². The summed E-state index contributed by atoms with van der Waals surface area (Å²) in [6, 6.07) is 14.2. The van der Waals surface area contributed by atoms with Crippen LogP contribution in [0.4, 0.5) is 0 Å². The van der Waals surface area contributed by atoms with Gasteiger partial charge in [0.15, 0.2) is 0 Å². The van der Waals surface area contributed by atoms with Gasteiger partial charge in [-0.2, -0.15) is 0 Å². The Morgan fingerprint density at radius 2 is 1.42 bits per heavy atom. The Morgan fingerprint density at radius 1 is 0.792 bits per heavy atom. The summed E-state index contributed by atoms with van der Waals surface area (Å²) in [5.74, 6) is 0.609. The first kappa shape index (κ1) is 15.7. The minimum absolute atomic E-state index is 0.182. The lowest BCUT2D eigenvalue weighted by Crippen LogP contribution is -2.26. The molecule has 1 unspecified atom stereocenters. The molecule has 4 rings (SSSR count). The zero-order valence-corrected chi connectivity index (χ0v) is 15.8. The average molecular weight is 316 g/mol. The Kier molecular flexibility index (Phi) is 3.17. The molecule has 24 heavy (non-hydrogen) atoms. The van der Waals surface area contributed by atoms with Gasteiger partial charge >= 0.3 is 0 Å². The molecule has 124 valence electrons. The summed E-state index contributed by atoms with van der Waals surface area (Å²) in [5.41, 5.74) is 3.44. The summed E-state index contributed by atoms with van der Waals surface area (Å²) < 4.78 is 0. The summed E-state index contributed by atoms with van der Waals surface area (Å²) in [7, 11) is 0. The number of rotatable bonds is 0. The zero-order valence-electron chi connectivity index (χ0n) is 15.8. The van der Waals surface area contributed by atoms with Crippen LogP contribution in [0.15, 0.2) is 36.4 Å². The lowest BCUT2D eigenvalue weighted by molar-refractivity contribution is 0.306. The van der Waals surface area contributed by atoms with Crippen molar-refractivity contribution in [2.24, 2.45) is 11.3 Å². The number of hydrogen-bond donors (Lipinski definition) is 0. The van der Waals surface area contributed by atoms with Crippen LogP contribution in [-0.2, 0) is 11.8 Å². The van der Waals surface area contributed by atoms with Gasteiger partial charge in [0.1, 0.15) is 0 Å². The van der Waals surface area contributed by atoms with Gasteiger partial charge in [0.05, 0.1) is 0 Å². The molecule has 0 saturated heterocycles. The van der Waals surface area contributed by atoms with E-state index < -0.39 is 0 Å². The first-order valence-corrected chi connectivity index (χ1v) is 9.15. The van der Waals surface area contributed by atoms with E-state index in [0.717, 1.165) is 6.42 Å². The molecule has 0 amide bonds. The monoisotopic (exact) mass is 316 g/mol. The summed E-state index contributed by atoms with van der Waals surface area (Å²) in [4.78, 5) is 0. The van der Waals surface area contributed by atoms with Crippen molar-refractivity contribution in [1.82, 2.24) is 0 Å². The first-order chi connectivity index (χ1) is 11.1. The second kappa shape index (κ2) is 4.85. The lowest BCUT2D eigenvalue weighted by Gasteiger charge is -2.31. The standard InChI is InChI=1S/C24H28/c1-23(2,3)19-11-15-7-9-17-13-20(24(4,5)6)14-18-10-8-16(12-19)21(15)22(17)18/h7-13,20H,14H2,1-6H3. The van der Waals surface area contributed by atoms with Crippen LogP contribution >= 0.6 is 0 Å². The van der Waals surface area contributed by atoms with Gasteiger partial charge in [-0.25, -0.2) is 0 Å². The van der Waals surface area contributed by atoms with Gasteiger partial charge in [-0.3, -0.25) is 0 Å². The van der Waals surface area contributed by atoms with Crippen molar-refractivity contribution in [3.8, 4) is 0 Å². The third-order valence-corrected chi connectivity index (χ3v) is 5.76. The van der Waals surface area contributed by atoms with Crippen molar-refractivity contribution in [2.75, 3.05) is 0 Å². The maximum Gasteiger partial charge on any atom is -0.00300 e. The number of hydrogen-bond acceptors (Lipinski definition) is 0. The highest BCUT2D eigenvalue weighted by atomic mass is 14.3. The van der Waals surface area contributed by atoms with Crippen molar-refractivity contribution in [1.29, 1.82) is 0 Å².